The molecule has 4 aromatic heterocycles. The van der Waals surface area contributed by atoms with Crippen LogP contribution in [-0.4, -0.2) is 18.7 Å². The van der Waals surface area contributed by atoms with Gasteiger partial charge in [0.1, 0.15) is 0 Å². The third-order valence-corrected chi connectivity index (χ3v) is 9.81. The second kappa shape index (κ2) is 15.4. The first-order chi connectivity index (χ1) is 26.0. The maximum atomic E-state index is 5.19. The van der Waals surface area contributed by atoms with Gasteiger partial charge in [0, 0.05) is 55.8 Å². The van der Waals surface area contributed by atoms with Crippen molar-refractivity contribution in [1.82, 2.24) is 18.7 Å². The molecule has 1 aliphatic rings. The molecule has 0 aliphatic heterocycles. The fourth-order valence-corrected chi connectivity index (χ4v) is 7.83. The van der Waals surface area contributed by atoms with E-state index >= 15 is 0 Å². The zero-order chi connectivity index (χ0) is 37.1. The highest BCUT2D eigenvalue weighted by Gasteiger charge is 2.25. The molecule has 8 aromatic rings. The fraction of sp³-hybridized carbons (Fsp3) is 0.204. The summed E-state index contributed by atoms with van der Waals surface area (Å²) in [5.74, 6) is 0.406. The average Bonchev–Trinajstić information content (AvgIpc) is 3.82. The minimum atomic E-state index is 0.406. The maximum absolute atomic E-state index is 5.19. The molecule has 1 aliphatic carbocycles. The number of hydrogen-bond acceptors (Lipinski definition) is 1. The minimum Gasteiger partial charge on any atom is -0.313 e. The summed E-state index contributed by atoms with van der Waals surface area (Å²) in [6.45, 7) is 16.9. The largest absolute Gasteiger partial charge is 0.313 e. The fourth-order valence-electron chi connectivity index (χ4n) is 7.83. The first-order valence-electron chi connectivity index (χ1n) is 19.2. The van der Waals surface area contributed by atoms with Crippen LogP contribution in [0.1, 0.15) is 78.0 Å². The normalized spacial score (nSPS) is 14.2. The lowest BCUT2D eigenvalue weighted by molar-refractivity contribution is 0.728. The van der Waals surface area contributed by atoms with Crippen molar-refractivity contribution in [1.29, 1.82) is 0 Å². The SMILES string of the molecule is C=C/C=C\C(=C/C)n1c2c(c3cc(-n4c5ccccc5c5c4cnc4c6ccccc6n(-c6ccccc6)c45)ccc31)C=CCC2C.CCC.CCC. The second-order valence-corrected chi connectivity index (χ2v) is 13.9. The molecule has 0 amide bonds. The number of fused-ring (bicyclic) bond motifs is 10. The Bertz CT molecular complexity index is 2670. The Balaban J connectivity index is 0.000000682. The Morgan fingerprint density at radius 3 is 2.11 bits per heavy atom. The monoisotopic (exact) mass is 694 g/mol. The number of pyridine rings is 1. The van der Waals surface area contributed by atoms with Crippen molar-refractivity contribution in [2.75, 3.05) is 0 Å². The lowest BCUT2D eigenvalue weighted by Gasteiger charge is -2.19. The van der Waals surface area contributed by atoms with E-state index in [1.807, 2.05) is 12.2 Å². The van der Waals surface area contributed by atoms with Crippen LogP contribution in [0.3, 0.4) is 0 Å². The van der Waals surface area contributed by atoms with E-state index in [2.05, 4.69) is 189 Å². The van der Waals surface area contributed by atoms with Crippen molar-refractivity contribution in [3.05, 3.63) is 151 Å². The lowest BCUT2D eigenvalue weighted by atomic mass is 9.93. The number of allylic oxidation sites excluding steroid dienone is 6. The van der Waals surface area contributed by atoms with Crippen LogP contribution < -0.4 is 0 Å². The first kappa shape index (κ1) is 35.5. The molecule has 266 valence electrons. The predicted octanol–water partition coefficient (Wildman–Crippen LogP) is 14.2. The van der Waals surface area contributed by atoms with Crippen LogP contribution in [0.15, 0.2) is 140 Å². The van der Waals surface area contributed by atoms with E-state index in [1.165, 1.54) is 51.3 Å². The molecule has 4 nitrogen and oxygen atoms in total. The molecule has 0 N–H and O–H groups in total. The Morgan fingerprint density at radius 2 is 1.42 bits per heavy atom. The van der Waals surface area contributed by atoms with Crippen LogP contribution >= 0.6 is 0 Å². The number of rotatable bonds is 5. The van der Waals surface area contributed by atoms with E-state index < -0.39 is 0 Å². The Labute approximate surface area is 313 Å². The molecule has 0 saturated carbocycles. The van der Waals surface area contributed by atoms with E-state index in [4.69, 9.17) is 4.98 Å². The summed E-state index contributed by atoms with van der Waals surface area (Å²) in [6.07, 6.45) is 18.4. The number of para-hydroxylation sites is 3. The minimum absolute atomic E-state index is 0.406. The molecule has 0 spiro atoms. The number of hydrogen-bond donors (Lipinski definition) is 0. The van der Waals surface area contributed by atoms with E-state index in [-0.39, 0.29) is 0 Å². The van der Waals surface area contributed by atoms with Crippen molar-refractivity contribution < 1.29 is 0 Å². The van der Waals surface area contributed by atoms with Crippen LogP contribution in [-0.2, 0) is 0 Å². The van der Waals surface area contributed by atoms with Crippen molar-refractivity contribution in [3.8, 4) is 11.4 Å². The van der Waals surface area contributed by atoms with Gasteiger partial charge in [0.25, 0.3) is 0 Å². The molecular formula is C49H50N4. The standard InChI is InChI=1S/C43H34N4.2C3H8/c1-4-6-16-29(5-2)46-38-25-24-31(26-35(38)32-21-14-15-28(3)42(32)46)45-36-22-12-10-19-33(36)40-39(45)27-44-41-34-20-11-13-23-37(34)47(43(40)41)30-17-8-7-9-18-30;2*1-3-2/h4-14,16-28H,1,15H2,2-3H3;2*3H2,1-2H3/b16-6-,29-5+;;. The van der Waals surface area contributed by atoms with Crippen LogP contribution in [0.4, 0.5) is 0 Å². The Morgan fingerprint density at radius 1 is 0.755 bits per heavy atom. The van der Waals surface area contributed by atoms with Gasteiger partial charge in [0.05, 0.1) is 39.3 Å². The molecule has 9 rings (SSSR count). The summed E-state index contributed by atoms with van der Waals surface area (Å²) in [5, 5.41) is 4.84. The van der Waals surface area contributed by atoms with E-state index in [1.54, 1.807) is 0 Å². The second-order valence-electron chi connectivity index (χ2n) is 13.9. The summed E-state index contributed by atoms with van der Waals surface area (Å²) in [7, 11) is 0. The highest BCUT2D eigenvalue weighted by atomic mass is 15.0. The molecule has 0 bridgehead atoms. The highest BCUT2D eigenvalue weighted by molar-refractivity contribution is 6.24. The van der Waals surface area contributed by atoms with Crippen molar-refractivity contribution >= 4 is 66.4 Å². The molecular weight excluding hydrogens is 645 g/mol. The van der Waals surface area contributed by atoms with Gasteiger partial charge in [-0.15, -0.1) is 0 Å². The van der Waals surface area contributed by atoms with Crippen LogP contribution in [0, 0.1) is 0 Å². The van der Waals surface area contributed by atoms with Crippen molar-refractivity contribution in [2.24, 2.45) is 0 Å². The summed E-state index contributed by atoms with van der Waals surface area (Å²) < 4.78 is 7.23. The summed E-state index contributed by atoms with van der Waals surface area (Å²) in [6, 6.07) is 35.0. The lowest BCUT2D eigenvalue weighted by Crippen LogP contribution is -2.07. The van der Waals surface area contributed by atoms with Gasteiger partial charge in [-0.05, 0) is 61.9 Å². The van der Waals surface area contributed by atoms with Gasteiger partial charge in [0.15, 0.2) is 0 Å². The van der Waals surface area contributed by atoms with Gasteiger partial charge in [-0.2, -0.15) is 0 Å². The van der Waals surface area contributed by atoms with Gasteiger partial charge in [-0.1, -0.05) is 139 Å². The molecule has 4 aromatic carbocycles. The molecule has 1 atom stereocenters. The van der Waals surface area contributed by atoms with Crippen molar-refractivity contribution in [3.63, 3.8) is 0 Å². The quantitative estimate of drug-likeness (QED) is 0.165. The van der Waals surface area contributed by atoms with E-state index in [0.29, 0.717) is 5.92 Å². The van der Waals surface area contributed by atoms with Crippen LogP contribution in [0.25, 0.3) is 77.8 Å². The number of benzene rings is 4. The zero-order valence-corrected chi connectivity index (χ0v) is 32.0. The summed E-state index contributed by atoms with van der Waals surface area (Å²) in [4.78, 5) is 5.19. The molecule has 0 fully saturated rings. The Hall–Kier alpha value is -5.87. The smallest absolute Gasteiger partial charge is 0.0971 e. The van der Waals surface area contributed by atoms with E-state index in [0.717, 1.165) is 50.9 Å². The maximum Gasteiger partial charge on any atom is 0.0971 e. The van der Waals surface area contributed by atoms with Gasteiger partial charge in [0.2, 0.25) is 0 Å². The summed E-state index contributed by atoms with van der Waals surface area (Å²) in [5.41, 5.74) is 12.9. The van der Waals surface area contributed by atoms with Gasteiger partial charge < -0.3 is 13.7 Å². The predicted molar refractivity (Wildman–Crippen MR) is 232 cm³/mol. The highest BCUT2D eigenvalue weighted by Crippen LogP contribution is 2.43. The topological polar surface area (TPSA) is 27.7 Å². The molecule has 0 saturated heterocycles. The first-order valence-corrected chi connectivity index (χ1v) is 19.2. The van der Waals surface area contributed by atoms with Gasteiger partial charge in [-0.25, -0.2) is 0 Å². The van der Waals surface area contributed by atoms with Crippen LogP contribution in [0.2, 0.25) is 0 Å². The van der Waals surface area contributed by atoms with Gasteiger partial charge in [-0.3, -0.25) is 4.98 Å². The van der Waals surface area contributed by atoms with E-state index in [9.17, 15) is 0 Å². The third-order valence-electron chi connectivity index (χ3n) is 9.81. The summed E-state index contributed by atoms with van der Waals surface area (Å²) >= 11 is 0. The molecule has 4 heterocycles. The van der Waals surface area contributed by atoms with Gasteiger partial charge >= 0.3 is 0 Å². The third kappa shape index (κ3) is 6.02. The average molecular weight is 695 g/mol. The van der Waals surface area contributed by atoms with Crippen LogP contribution in [0.5, 0.6) is 0 Å². The van der Waals surface area contributed by atoms with Crippen molar-refractivity contribution in [2.45, 2.75) is 66.7 Å². The number of aromatic nitrogens is 4. The molecule has 53 heavy (non-hydrogen) atoms. The Kier molecular flexibility index (Phi) is 10.3. The molecule has 1 unspecified atom stereocenters. The number of nitrogens with zero attached hydrogens (tertiary/aromatic N) is 4. The molecule has 0 radical (unpaired) electrons. The zero-order valence-electron chi connectivity index (χ0n) is 32.0. The molecule has 4 heteroatoms.